The zero-order valence-corrected chi connectivity index (χ0v) is 13.3. The summed E-state index contributed by atoms with van der Waals surface area (Å²) in [6.45, 7) is 8.45. The fraction of sp³-hybridized carbons (Fsp3) is 1.00. The van der Waals surface area contributed by atoms with E-state index in [1.54, 1.807) is 7.11 Å². The molecule has 0 saturated heterocycles. The Morgan fingerprint density at radius 2 is 1.84 bits per heavy atom. The van der Waals surface area contributed by atoms with Gasteiger partial charge in [-0.15, -0.1) is 0 Å². The summed E-state index contributed by atoms with van der Waals surface area (Å²) in [6.07, 6.45) is 9.31. The van der Waals surface area contributed by atoms with Crippen LogP contribution < -0.4 is 5.73 Å². The molecular formula is C16H34N2O. The van der Waals surface area contributed by atoms with Crippen LogP contribution in [0, 0.1) is 5.41 Å². The van der Waals surface area contributed by atoms with Gasteiger partial charge in [-0.25, -0.2) is 0 Å². The van der Waals surface area contributed by atoms with Crippen LogP contribution in [0.15, 0.2) is 0 Å². The van der Waals surface area contributed by atoms with Crippen molar-refractivity contribution in [3.63, 3.8) is 0 Å². The quantitative estimate of drug-likeness (QED) is 0.689. The fourth-order valence-electron chi connectivity index (χ4n) is 3.26. The first-order chi connectivity index (χ1) is 9.17. The Morgan fingerprint density at radius 3 is 2.32 bits per heavy atom. The third-order valence-corrected chi connectivity index (χ3v) is 4.93. The molecule has 1 aliphatic rings. The summed E-state index contributed by atoms with van der Waals surface area (Å²) in [6, 6.07) is 0.627. The highest BCUT2D eigenvalue weighted by Crippen LogP contribution is 2.35. The highest BCUT2D eigenvalue weighted by atomic mass is 16.5. The van der Waals surface area contributed by atoms with Gasteiger partial charge in [0.15, 0.2) is 0 Å². The van der Waals surface area contributed by atoms with Crippen LogP contribution in [0.5, 0.6) is 0 Å². The maximum atomic E-state index is 6.17. The van der Waals surface area contributed by atoms with Crippen LogP contribution in [0.25, 0.3) is 0 Å². The van der Waals surface area contributed by atoms with Gasteiger partial charge in [-0.1, -0.05) is 32.6 Å². The van der Waals surface area contributed by atoms with Crippen LogP contribution in [0.2, 0.25) is 0 Å². The minimum absolute atomic E-state index is 0.355. The molecule has 0 aliphatic heterocycles. The molecule has 1 unspecified atom stereocenters. The summed E-state index contributed by atoms with van der Waals surface area (Å²) in [5.74, 6) is 0. The fourth-order valence-corrected chi connectivity index (χ4v) is 3.26. The molecule has 0 radical (unpaired) electrons. The van der Waals surface area contributed by atoms with Crippen molar-refractivity contribution < 1.29 is 4.74 Å². The van der Waals surface area contributed by atoms with Gasteiger partial charge in [0.25, 0.3) is 0 Å². The van der Waals surface area contributed by atoms with E-state index in [4.69, 9.17) is 10.5 Å². The molecule has 1 aliphatic carbocycles. The van der Waals surface area contributed by atoms with Crippen LogP contribution in [-0.4, -0.2) is 44.3 Å². The molecule has 19 heavy (non-hydrogen) atoms. The number of hydrogen-bond donors (Lipinski definition) is 1. The van der Waals surface area contributed by atoms with Crippen molar-refractivity contribution in [1.82, 2.24) is 4.90 Å². The normalized spacial score (nSPS) is 21.3. The van der Waals surface area contributed by atoms with Crippen LogP contribution in [-0.2, 0) is 4.74 Å². The zero-order valence-electron chi connectivity index (χ0n) is 13.3. The van der Waals surface area contributed by atoms with Crippen LogP contribution >= 0.6 is 0 Å². The summed E-state index contributed by atoms with van der Waals surface area (Å²) < 4.78 is 5.27. The van der Waals surface area contributed by atoms with E-state index in [0.717, 1.165) is 26.2 Å². The standard InChI is InChI=1S/C16H34N2O/c1-4-15(2)18(11-12-19-3)14-16(13-17)9-7-5-6-8-10-16/h15H,4-14,17H2,1-3H3. The van der Waals surface area contributed by atoms with Gasteiger partial charge in [-0.05, 0) is 38.1 Å². The Hall–Kier alpha value is -0.120. The van der Waals surface area contributed by atoms with Crippen molar-refractivity contribution in [3.05, 3.63) is 0 Å². The summed E-state index contributed by atoms with van der Waals surface area (Å²) in [7, 11) is 1.79. The molecule has 2 N–H and O–H groups in total. The number of rotatable bonds is 8. The first-order valence-electron chi connectivity index (χ1n) is 8.10. The van der Waals surface area contributed by atoms with E-state index in [1.165, 1.54) is 44.9 Å². The molecule has 3 nitrogen and oxygen atoms in total. The topological polar surface area (TPSA) is 38.5 Å². The van der Waals surface area contributed by atoms with Gasteiger partial charge >= 0.3 is 0 Å². The maximum absolute atomic E-state index is 6.17. The third-order valence-electron chi connectivity index (χ3n) is 4.93. The average Bonchev–Trinajstić information content (AvgIpc) is 2.68. The minimum atomic E-state index is 0.355. The first kappa shape index (κ1) is 16.9. The molecule has 0 aromatic carbocycles. The molecule has 0 aromatic heterocycles. The van der Waals surface area contributed by atoms with Crippen molar-refractivity contribution in [3.8, 4) is 0 Å². The van der Waals surface area contributed by atoms with E-state index < -0.39 is 0 Å². The van der Waals surface area contributed by atoms with E-state index in [-0.39, 0.29) is 0 Å². The van der Waals surface area contributed by atoms with Gasteiger partial charge < -0.3 is 10.5 Å². The number of nitrogens with zero attached hydrogens (tertiary/aromatic N) is 1. The number of methoxy groups -OCH3 is 1. The molecule has 0 spiro atoms. The molecule has 0 heterocycles. The Labute approximate surface area is 119 Å². The van der Waals surface area contributed by atoms with Gasteiger partial charge in [0, 0.05) is 26.2 Å². The average molecular weight is 270 g/mol. The molecule has 1 fully saturated rings. The minimum Gasteiger partial charge on any atom is -0.383 e. The van der Waals surface area contributed by atoms with Crippen molar-refractivity contribution in [2.24, 2.45) is 11.1 Å². The molecule has 0 aromatic rings. The molecular weight excluding hydrogens is 236 g/mol. The largest absolute Gasteiger partial charge is 0.383 e. The lowest BCUT2D eigenvalue weighted by Gasteiger charge is -2.39. The van der Waals surface area contributed by atoms with E-state index in [2.05, 4.69) is 18.7 Å². The lowest BCUT2D eigenvalue weighted by molar-refractivity contribution is 0.0722. The maximum Gasteiger partial charge on any atom is 0.0589 e. The Kier molecular flexibility index (Phi) is 7.96. The van der Waals surface area contributed by atoms with Crippen molar-refractivity contribution >= 4 is 0 Å². The molecule has 1 rings (SSSR count). The second-order valence-electron chi connectivity index (χ2n) is 6.34. The molecule has 0 amide bonds. The monoisotopic (exact) mass is 270 g/mol. The number of nitrogens with two attached hydrogens (primary N) is 1. The van der Waals surface area contributed by atoms with Gasteiger partial charge in [0.1, 0.15) is 0 Å². The number of hydrogen-bond acceptors (Lipinski definition) is 3. The van der Waals surface area contributed by atoms with Crippen LogP contribution in [0.1, 0.15) is 58.8 Å². The van der Waals surface area contributed by atoms with Gasteiger partial charge in [0.05, 0.1) is 6.61 Å². The molecule has 3 heteroatoms. The third kappa shape index (κ3) is 5.41. The van der Waals surface area contributed by atoms with Gasteiger partial charge in [0.2, 0.25) is 0 Å². The predicted molar refractivity (Wildman–Crippen MR) is 82.4 cm³/mol. The van der Waals surface area contributed by atoms with Crippen LogP contribution in [0.3, 0.4) is 0 Å². The lowest BCUT2D eigenvalue weighted by Crippen LogP contribution is -2.46. The molecule has 114 valence electrons. The summed E-state index contributed by atoms with van der Waals surface area (Å²) in [5.41, 5.74) is 6.52. The molecule has 1 atom stereocenters. The summed E-state index contributed by atoms with van der Waals surface area (Å²) in [4.78, 5) is 2.60. The Balaban J connectivity index is 2.66. The SMILES string of the molecule is CCC(C)N(CCOC)CC1(CN)CCCCCC1. The molecule has 1 saturated carbocycles. The highest BCUT2D eigenvalue weighted by Gasteiger charge is 2.32. The van der Waals surface area contributed by atoms with Crippen molar-refractivity contribution in [2.75, 3.05) is 33.4 Å². The van der Waals surface area contributed by atoms with E-state index >= 15 is 0 Å². The van der Waals surface area contributed by atoms with E-state index in [0.29, 0.717) is 11.5 Å². The Bertz CT molecular complexity index is 225. The van der Waals surface area contributed by atoms with Gasteiger partial charge in [-0.2, -0.15) is 0 Å². The van der Waals surface area contributed by atoms with E-state index in [9.17, 15) is 0 Å². The zero-order chi connectivity index (χ0) is 14.1. The second kappa shape index (κ2) is 8.93. The van der Waals surface area contributed by atoms with Crippen molar-refractivity contribution in [1.29, 1.82) is 0 Å². The van der Waals surface area contributed by atoms with Crippen LogP contribution in [0.4, 0.5) is 0 Å². The number of ether oxygens (including phenoxy) is 1. The first-order valence-corrected chi connectivity index (χ1v) is 8.10. The lowest BCUT2D eigenvalue weighted by atomic mass is 9.79. The smallest absolute Gasteiger partial charge is 0.0589 e. The predicted octanol–water partition coefficient (Wildman–Crippen LogP) is 3.03. The Morgan fingerprint density at radius 1 is 1.21 bits per heavy atom. The summed E-state index contributed by atoms with van der Waals surface area (Å²) >= 11 is 0. The van der Waals surface area contributed by atoms with E-state index in [1.807, 2.05) is 0 Å². The van der Waals surface area contributed by atoms with Gasteiger partial charge in [-0.3, -0.25) is 4.90 Å². The highest BCUT2D eigenvalue weighted by molar-refractivity contribution is 4.87. The summed E-state index contributed by atoms with van der Waals surface area (Å²) in [5, 5.41) is 0. The van der Waals surface area contributed by atoms with Crippen molar-refractivity contribution in [2.45, 2.75) is 64.8 Å². The molecule has 0 bridgehead atoms. The second-order valence-corrected chi connectivity index (χ2v) is 6.34.